The van der Waals surface area contributed by atoms with Gasteiger partial charge in [-0.3, -0.25) is 18.6 Å². The largest absolute Gasteiger partial charge is 0.472 e. The number of esters is 2. The highest BCUT2D eigenvalue weighted by Crippen LogP contribution is 2.43. The van der Waals surface area contributed by atoms with E-state index < -0.39 is 32.5 Å². The van der Waals surface area contributed by atoms with Gasteiger partial charge in [0.1, 0.15) is 6.61 Å². The van der Waals surface area contributed by atoms with Crippen LogP contribution in [0.2, 0.25) is 0 Å². The van der Waals surface area contributed by atoms with Crippen molar-refractivity contribution in [1.29, 1.82) is 0 Å². The Hall–Kier alpha value is -2.29. The van der Waals surface area contributed by atoms with Crippen molar-refractivity contribution in [2.75, 3.05) is 40.5 Å². The molecule has 57 heavy (non-hydrogen) atoms. The van der Waals surface area contributed by atoms with Gasteiger partial charge in [-0.2, -0.15) is 0 Å². The maximum absolute atomic E-state index is 12.7. The van der Waals surface area contributed by atoms with E-state index in [1.807, 2.05) is 19.0 Å². The second kappa shape index (κ2) is 41.9. The summed E-state index contributed by atoms with van der Waals surface area (Å²) in [5.74, 6) is -0.839. The van der Waals surface area contributed by atoms with Crippen LogP contribution < -0.4 is 0 Å². The summed E-state index contributed by atoms with van der Waals surface area (Å²) in [6, 6.07) is 0. The van der Waals surface area contributed by atoms with E-state index in [2.05, 4.69) is 74.6 Å². The average molecular weight is 822 g/mol. The number of allylic oxidation sites excluding steroid dienone is 10. The molecule has 0 aliphatic carbocycles. The number of carbonyl (C=O) groups excluding carboxylic acids is 2. The number of nitrogens with zero attached hydrogens (tertiary/aromatic N) is 1. The van der Waals surface area contributed by atoms with Gasteiger partial charge in [-0.05, 0) is 71.9 Å². The summed E-state index contributed by atoms with van der Waals surface area (Å²) in [6.07, 6.45) is 48.3. The number of carbonyl (C=O) groups is 2. The summed E-state index contributed by atoms with van der Waals surface area (Å²) in [7, 11) is -0.729. The number of hydrogen-bond donors (Lipinski definition) is 1. The molecule has 0 saturated heterocycles. The predicted octanol–water partition coefficient (Wildman–Crippen LogP) is 13.1. The van der Waals surface area contributed by atoms with Crippen LogP contribution in [0.1, 0.15) is 181 Å². The molecule has 0 aromatic carbocycles. The van der Waals surface area contributed by atoms with Crippen molar-refractivity contribution in [1.82, 2.24) is 4.90 Å². The summed E-state index contributed by atoms with van der Waals surface area (Å²) in [5.41, 5.74) is 0. The second-order valence-electron chi connectivity index (χ2n) is 15.2. The lowest BCUT2D eigenvalue weighted by atomic mass is 10.0. The zero-order valence-electron chi connectivity index (χ0n) is 36.8. The fraction of sp³-hybridized carbons (Fsp3) is 0.745. The van der Waals surface area contributed by atoms with E-state index in [0.29, 0.717) is 19.4 Å². The Morgan fingerprint density at radius 2 is 1.00 bits per heavy atom. The van der Waals surface area contributed by atoms with Gasteiger partial charge in [0.05, 0.1) is 13.2 Å². The normalized spacial score (nSPS) is 13.9. The van der Waals surface area contributed by atoms with Crippen LogP contribution in [0.3, 0.4) is 0 Å². The maximum atomic E-state index is 12.7. The highest BCUT2D eigenvalue weighted by Gasteiger charge is 2.26. The Morgan fingerprint density at radius 3 is 1.49 bits per heavy atom. The molecule has 0 aliphatic heterocycles. The van der Waals surface area contributed by atoms with Crippen LogP contribution in [0, 0.1) is 0 Å². The van der Waals surface area contributed by atoms with Crippen LogP contribution in [0.15, 0.2) is 60.8 Å². The molecule has 10 heteroatoms. The molecule has 2 unspecified atom stereocenters. The van der Waals surface area contributed by atoms with E-state index in [-0.39, 0.29) is 26.1 Å². The number of unbranched alkanes of at least 4 members (excludes halogenated alkanes) is 17. The SMILES string of the molecule is CC/C=C\C/C=C\C/C=C\C/C=C\C/C=C\CCCCCC(=O)OCC(COP(=O)(O)OCCN(C)C)OC(=O)CCCCCCCCCCCCCCCCC. The van der Waals surface area contributed by atoms with Crippen molar-refractivity contribution in [2.24, 2.45) is 0 Å². The Balaban J connectivity index is 4.33. The predicted molar refractivity (Wildman–Crippen MR) is 238 cm³/mol. The standard InChI is InChI=1S/C47H84NO8P/c1-5-7-9-11-13-15-17-19-21-22-23-24-26-27-29-31-33-35-37-39-46(49)53-43-45(44-55-57(51,52)54-42-41-48(3)4)56-47(50)40-38-36-34-32-30-28-25-20-18-16-14-12-10-8-6-2/h7,9,13,15,19,21,23-24,27,29,45H,5-6,8,10-12,14,16-18,20,22,25-26,28,30-44H2,1-4H3,(H,51,52)/b9-7-,15-13-,21-19-,24-23-,29-27-. The number of hydrogen-bond acceptors (Lipinski definition) is 8. The lowest BCUT2D eigenvalue weighted by molar-refractivity contribution is -0.161. The fourth-order valence-electron chi connectivity index (χ4n) is 5.89. The highest BCUT2D eigenvalue weighted by molar-refractivity contribution is 7.47. The third-order valence-electron chi connectivity index (χ3n) is 9.34. The number of phosphoric ester groups is 1. The van der Waals surface area contributed by atoms with E-state index >= 15 is 0 Å². The van der Waals surface area contributed by atoms with E-state index in [9.17, 15) is 19.0 Å². The van der Waals surface area contributed by atoms with Crippen LogP contribution in [-0.4, -0.2) is 68.3 Å². The van der Waals surface area contributed by atoms with Crippen LogP contribution in [0.5, 0.6) is 0 Å². The van der Waals surface area contributed by atoms with Gasteiger partial charge in [-0.25, -0.2) is 4.57 Å². The maximum Gasteiger partial charge on any atom is 0.472 e. The van der Waals surface area contributed by atoms with Gasteiger partial charge in [0.25, 0.3) is 0 Å². The fourth-order valence-corrected chi connectivity index (χ4v) is 6.63. The Bertz CT molecular complexity index is 1130. The first kappa shape index (κ1) is 54.7. The molecule has 0 aromatic rings. The smallest absolute Gasteiger partial charge is 0.462 e. The highest BCUT2D eigenvalue weighted by atomic mass is 31.2. The summed E-state index contributed by atoms with van der Waals surface area (Å²) in [6.45, 7) is 4.17. The summed E-state index contributed by atoms with van der Waals surface area (Å²) < 4.78 is 33.5. The van der Waals surface area contributed by atoms with Gasteiger partial charge in [0.15, 0.2) is 6.10 Å². The van der Waals surface area contributed by atoms with Crippen molar-refractivity contribution in [3.63, 3.8) is 0 Å². The summed E-state index contributed by atoms with van der Waals surface area (Å²) in [4.78, 5) is 37.1. The first-order valence-electron chi connectivity index (χ1n) is 22.6. The van der Waals surface area contributed by atoms with Crippen molar-refractivity contribution in [3.8, 4) is 0 Å². The average Bonchev–Trinajstić information content (AvgIpc) is 3.18. The molecule has 0 aromatic heterocycles. The van der Waals surface area contributed by atoms with Gasteiger partial charge in [0.2, 0.25) is 0 Å². The second-order valence-corrected chi connectivity index (χ2v) is 16.7. The van der Waals surface area contributed by atoms with Gasteiger partial charge in [-0.1, -0.05) is 171 Å². The molecule has 0 heterocycles. The van der Waals surface area contributed by atoms with Gasteiger partial charge >= 0.3 is 19.8 Å². The van der Waals surface area contributed by atoms with E-state index in [0.717, 1.165) is 64.2 Å². The number of ether oxygens (including phenoxy) is 2. The van der Waals surface area contributed by atoms with Crippen molar-refractivity contribution < 1.29 is 37.6 Å². The molecule has 0 spiro atoms. The molecular weight excluding hydrogens is 737 g/mol. The molecule has 2 atom stereocenters. The van der Waals surface area contributed by atoms with Crippen molar-refractivity contribution >= 4 is 19.8 Å². The molecular formula is C47H84NO8P. The van der Waals surface area contributed by atoms with Crippen LogP contribution in [0.4, 0.5) is 0 Å². The Kier molecular flexibility index (Phi) is 40.2. The topological polar surface area (TPSA) is 112 Å². The quantitative estimate of drug-likeness (QED) is 0.0279. The monoisotopic (exact) mass is 822 g/mol. The third kappa shape index (κ3) is 43.1. The summed E-state index contributed by atoms with van der Waals surface area (Å²) >= 11 is 0. The molecule has 0 aliphatic rings. The molecule has 0 bridgehead atoms. The number of phosphoric acid groups is 1. The number of rotatable bonds is 41. The summed E-state index contributed by atoms with van der Waals surface area (Å²) in [5, 5.41) is 0. The van der Waals surface area contributed by atoms with Gasteiger partial charge in [0, 0.05) is 19.4 Å². The molecule has 0 rings (SSSR count). The van der Waals surface area contributed by atoms with Gasteiger partial charge < -0.3 is 19.3 Å². The minimum absolute atomic E-state index is 0.000488. The molecule has 1 N–H and O–H groups in total. The van der Waals surface area contributed by atoms with Crippen molar-refractivity contribution in [3.05, 3.63) is 60.8 Å². The van der Waals surface area contributed by atoms with E-state index in [4.69, 9.17) is 18.5 Å². The molecule has 0 saturated carbocycles. The first-order valence-corrected chi connectivity index (χ1v) is 24.1. The molecule has 0 amide bonds. The number of likely N-dealkylation sites (N-methyl/N-ethyl adjacent to an activating group) is 1. The van der Waals surface area contributed by atoms with Crippen LogP contribution >= 0.6 is 7.82 Å². The van der Waals surface area contributed by atoms with Crippen LogP contribution in [0.25, 0.3) is 0 Å². The molecule has 0 radical (unpaired) electrons. The Morgan fingerprint density at radius 1 is 0.561 bits per heavy atom. The van der Waals surface area contributed by atoms with E-state index in [1.165, 1.54) is 77.0 Å². The van der Waals surface area contributed by atoms with E-state index in [1.54, 1.807) is 0 Å². The minimum Gasteiger partial charge on any atom is -0.462 e. The lowest BCUT2D eigenvalue weighted by Crippen LogP contribution is -2.29. The minimum atomic E-state index is -4.37. The molecule has 0 fully saturated rings. The van der Waals surface area contributed by atoms with Crippen LogP contribution in [-0.2, 0) is 32.7 Å². The lowest BCUT2D eigenvalue weighted by Gasteiger charge is -2.20. The first-order chi connectivity index (χ1) is 27.7. The van der Waals surface area contributed by atoms with Gasteiger partial charge in [-0.15, -0.1) is 0 Å². The molecule has 9 nitrogen and oxygen atoms in total. The Labute approximate surface area is 349 Å². The molecule has 330 valence electrons. The zero-order valence-corrected chi connectivity index (χ0v) is 37.7. The van der Waals surface area contributed by atoms with Crippen molar-refractivity contribution in [2.45, 2.75) is 187 Å². The zero-order chi connectivity index (χ0) is 41.9. The third-order valence-corrected chi connectivity index (χ3v) is 10.3.